The number of amides is 1. The highest BCUT2D eigenvalue weighted by Gasteiger charge is 2.27. The minimum atomic E-state index is -3.65. The molecule has 1 aliphatic heterocycles. The Morgan fingerprint density at radius 3 is 2.56 bits per heavy atom. The molecule has 27 heavy (non-hydrogen) atoms. The van der Waals surface area contributed by atoms with E-state index in [4.69, 9.17) is 0 Å². The zero-order valence-corrected chi connectivity index (χ0v) is 17.2. The minimum Gasteiger partial charge on any atom is -0.324 e. The van der Waals surface area contributed by atoms with Crippen molar-refractivity contribution < 1.29 is 13.2 Å². The quantitative estimate of drug-likeness (QED) is 0.752. The number of pyridine rings is 1. The van der Waals surface area contributed by atoms with Crippen LogP contribution in [0.2, 0.25) is 0 Å². The monoisotopic (exact) mass is 453 g/mol. The molecule has 0 atom stereocenters. The first-order valence-corrected chi connectivity index (χ1v) is 10.8. The molecule has 1 aromatic heterocycles. The summed E-state index contributed by atoms with van der Waals surface area (Å²) in [5.74, 6) is -0.419. The van der Waals surface area contributed by atoms with Gasteiger partial charge in [0.2, 0.25) is 15.9 Å². The van der Waals surface area contributed by atoms with E-state index in [0.717, 1.165) is 27.4 Å². The number of sulfonamides is 1. The second kappa shape index (κ2) is 7.95. The number of hydrogen-bond acceptors (Lipinski definition) is 4. The molecular formula is C18H20BrN3O4S. The molecule has 2 heterocycles. The Bertz CT molecular complexity index is 1030. The fourth-order valence-electron chi connectivity index (χ4n) is 2.93. The lowest BCUT2D eigenvalue weighted by Crippen LogP contribution is -2.31. The summed E-state index contributed by atoms with van der Waals surface area (Å²) in [5.41, 5.74) is 1.18. The van der Waals surface area contributed by atoms with E-state index in [-0.39, 0.29) is 11.4 Å². The zero-order chi connectivity index (χ0) is 19.6. The van der Waals surface area contributed by atoms with E-state index < -0.39 is 21.5 Å². The van der Waals surface area contributed by atoms with E-state index in [1.54, 1.807) is 6.07 Å². The van der Waals surface area contributed by atoms with Crippen LogP contribution in [0.1, 0.15) is 18.4 Å². The summed E-state index contributed by atoms with van der Waals surface area (Å²) in [6.45, 7) is 2.61. The third-order valence-electron chi connectivity index (χ3n) is 4.37. The SMILES string of the molecule is Cc1ccc(NC(=O)Cn2cc(S(=O)(=O)N3CCCC3)ccc2=O)c(Br)c1. The molecule has 2 aromatic rings. The Morgan fingerprint density at radius 2 is 1.89 bits per heavy atom. The van der Waals surface area contributed by atoms with Crippen molar-refractivity contribution in [3.8, 4) is 0 Å². The summed E-state index contributed by atoms with van der Waals surface area (Å²) >= 11 is 3.38. The number of benzene rings is 1. The summed E-state index contributed by atoms with van der Waals surface area (Å²) in [7, 11) is -3.65. The number of nitrogens with zero attached hydrogens (tertiary/aromatic N) is 2. The van der Waals surface area contributed by atoms with Gasteiger partial charge in [-0.2, -0.15) is 4.31 Å². The van der Waals surface area contributed by atoms with Crippen LogP contribution in [0.4, 0.5) is 5.69 Å². The Balaban J connectivity index is 1.80. The Morgan fingerprint density at radius 1 is 1.19 bits per heavy atom. The molecule has 9 heteroatoms. The van der Waals surface area contributed by atoms with Crippen LogP contribution in [0, 0.1) is 6.92 Å². The predicted molar refractivity (Wildman–Crippen MR) is 106 cm³/mol. The average Bonchev–Trinajstić information content (AvgIpc) is 3.15. The maximum atomic E-state index is 12.7. The van der Waals surface area contributed by atoms with Crippen LogP contribution in [-0.2, 0) is 21.4 Å². The molecule has 0 bridgehead atoms. The third-order valence-corrected chi connectivity index (χ3v) is 6.91. The number of aromatic nitrogens is 1. The Labute approximate surface area is 166 Å². The van der Waals surface area contributed by atoms with Crippen molar-refractivity contribution >= 4 is 37.5 Å². The first kappa shape index (κ1) is 19.8. The van der Waals surface area contributed by atoms with Gasteiger partial charge in [0.1, 0.15) is 6.54 Å². The standard InChI is InChI=1S/C18H20BrN3O4S/c1-13-4-6-16(15(19)10-13)20-17(23)12-21-11-14(5-7-18(21)24)27(25,26)22-8-2-3-9-22/h4-7,10-11H,2-3,8-9,12H2,1H3,(H,20,23). The first-order chi connectivity index (χ1) is 12.8. The summed E-state index contributed by atoms with van der Waals surface area (Å²) < 4.78 is 28.6. The molecule has 0 radical (unpaired) electrons. The lowest BCUT2D eigenvalue weighted by molar-refractivity contribution is -0.116. The van der Waals surface area contributed by atoms with Gasteiger partial charge in [-0.1, -0.05) is 6.07 Å². The number of carbonyl (C=O) groups excluding carboxylic acids is 1. The molecule has 1 aromatic carbocycles. The molecule has 7 nitrogen and oxygen atoms in total. The van der Waals surface area contributed by atoms with Gasteiger partial charge in [-0.15, -0.1) is 0 Å². The molecular weight excluding hydrogens is 434 g/mol. The van der Waals surface area contributed by atoms with Gasteiger partial charge in [-0.25, -0.2) is 8.42 Å². The summed E-state index contributed by atoms with van der Waals surface area (Å²) in [6, 6.07) is 7.95. The van der Waals surface area contributed by atoms with Crippen molar-refractivity contribution in [1.29, 1.82) is 0 Å². The van der Waals surface area contributed by atoms with E-state index in [0.29, 0.717) is 18.8 Å². The van der Waals surface area contributed by atoms with Crippen LogP contribution >= 0.6 is 15.9 Å². The minimum absolute atomic E-state index is 0.0216. The van der Waals surface area contributed by atoms with E-state index in [1.807, 2.05) is 19.1 Å². The van der Waals surface area contributed by atoms with Crippen LogP contribution in [0.25, 0.3) is 0 Å². The fourth-order valence-corrected chi connectivity index (χ4v) is 5.06. The van der Waals surface area contributed by atoms with Crippen LogP contribution in [0.15, 0.2) is 50.7 Å². The summed E-state index contributed by atoms with van der Waals surface area (Å²) in [6.07, 6.45) is 2.89. The van der Waals surface area contributed by atoms with Gasteiger partial charge in [-0.3, -0.25) is 9.59 Å². The number of halogens is 1. The molecule has 0 saturated carbocycles. The van der Waals surface area contributed by atoms with Crippen molar-refractivity contribution in [2.75, 3.05) is 18.4 Å². The molecule has 1 fully saturated rings. The lowest BCUT2D eigenvalue weighted by atomic mass is 10.2. The number of anilines is 1. The molecule has 0 aliphatic carbocycles. The molecule has 144 valence electrons. The maximum Gasteiger partial charge on any atom is 0.251 e. The zero-order valence-electron chi connectivity index (χ0n) is 14.8. The second-order valence-corrected chi connectivity index (χ2v) is 9.27. The Kier molecular flexibility index (Phi) is 5.83. The van der Waals surface area contributed by atoms with Gasteiger partial charge >= 0.3 is 0 Å². The average molecular weight is 454 g/mol. The highest BCUT2D eigenvalue weighted by Crippen LogP contribution is 2.23. The first-order valence-electron chi connectivity index (χ1n) is 8.54. The number of carbonyl (C=O) groups is 1. The van der Waals surface area contributed by atoms with Crippen molar-refractivity contribution in [3.05, 3.63) is 56.9 Å². The fraction of sp³-hybridized carbons (Fsp3) is 0.333. The maximum absolute atomic E-state index is 12.7. The number of hydrogen-bond donors (Lipinski definition) is 1. The van der Waals surface area contributed by atoms with Crippen molar-refractivity contribution in [2.24, 2.45) is 0 Å². The molecule has 0 unspecified atom stereocenters. The highest BCUT2D eigenvalue weighted by atomic mass is 79.9. The predicted octanol–water partition coefficient (Wildman–Crippen LogP) is 2.34. The second-order valence-electron chi connectivity index (χ2n) is 6.47. The topological polar surface area (TPSA) is 88.5 Å². The van der Waals surface area contributed by atoms with Gasteiger partial charge in [-0.05, 0) is 59.5 Å². The van der Waals surface area contributed by atoms with E-state index in [1.165, 1.54) is 22.6 Å². The highest BCUT2D eigenvalue weighted by molar-refractivity contribution is 9.10. The molecule has 0 spiro atoms. The van der Waals surface area contributed by atoms with Crippen LogP contribution in [0.5, 0.6) is 0 Å². The van der Waals surface area contributed by atoms with Gasteiger partial charge < -0.3 is 9.88 Å². The molecule has 3 rings (SSSR count). The molecule has 1 amide bonds. The molecule has 1 aliphatic rings. The smallest absolute Gasteiger partial charge is 0.251 e. The normalized spacial score (nSPS) is 15.0. The van der Waals surface area contributed by atoms with Gasteiger partial charge in [0, 0.05) is 29.8 Å². The van der Waals surface area contributed by atoms with Gasteiger partial charge in [0.25, 0.3) is 5.56 Å². The van der Waals surface area contributed by atoms with Gasteiger partial charge in [0.15, 0.2) is 0 Å². The molecule has 1 saturated heterocycles. The largest absolute Gasteiger partial charge is 0.324 e. The van der Waals surface area contributed by atoms with Crippen molar-refractivity contribution in [2.45, 2.75) is 31.2 Å². The van der Waals surface area contributed by atoms with E-state index >= 15 is 0 Å². The number of rotatable bonds is 5. The summed E-state index contributed by atoms with van der Waals surface area (Å²) in [5, 5.41) is 2.72. The van der Waals surface area contributed by atoms with Crippen LogP contribution in [-0.4, -0.2) is 36.3 Å². The lowest BCUT2D eigenvalue weighted by Gasteiger charge is -2.16. The van der Waals surface area contributed by atoms with Crippen molar-refractivity contribution in [1.82, 2.24) is 8.87 Å². The number of aryl methyl sites for hydroxylation is 1. The van der Waals surface area contributed by atoms with Crippen molar-refractivity contribution in [3.63, 3.8) is 0 Å². The van der Waals surface area contributed by atoms with Crippen LogP contribution < -0.4 is 10.9 Å². The van der Waals surface area contributed by atoms with E-state index in [2.05, 4.69) is 21.2 Å². The van der Waals surface area contributed by atoms with Gasteiger partial charge in [0.05, 0.1) is 10.6 Å². The third kappa shape index (κ3) is 4.48. The van der Waals surface area contributed by atoms with E-state index in [9.17, 15) is 18.0 Å². The Hall–Kier alpha value is -1.97. The number of nitrogens with one attached hydrogen (secondary N) is 1. The molecule has 1 N–H and O–H groups in total. The summed E-state index contributed by atoms with van der Waals surface area (Å²) in [4.78, 5) is 24.4. The van der Waals surface area contributed by atoms with Crippen LogP contribution in [0.3, 0.4) is 0 Å².